The number of sulfonamides is 1. The summed E-state index contributed by atoms with van der Waals surface area (Å²) >= 11 is 5.88. The van der Waals surface area contributed by atoms with Gasteiger partial charge in [0.05, 0.1) is 5.75 Å². The van der Waals surface area contributed by atoms with Crippen molar-refractivity contribution in [3.8, 4) is 0 Å². The quantitative estimate of drug-likeness (QED) is 0.763. The first-order valence-corrected chi connectivity index (χ1v) is 7.65. The number of halogens is 1. The zero-order chi connectivity index (χ0) is 11.5. The molecule has 1 aliphatic carbocycles. The zero-order valence-electron chi connectivity index (χ0n) is 9.42. The van der Waals surface area contributed by atoms with Crippen molar-refractivity contribution in [1.29, 1.82) is 0 Å². The smallest absolute Gasteiger partial charge is 0.212 e. The fourth-order valence-corrected chi connectivity index (χ4v) is 4.44. The highest BCUT2D eigenvalue weighted by molar-refractivity contribution is 7.89. The van der Waals surface area contributed by atoms with Crippen LogP contribution in [0.5, 0.6) is 0 Å². The van der Waals surface area contributed by atoms with Crippen LogP contribution < -0.4 is 4.72 Å². The van der Waals surface area contributed by atoms with E-state index in [-0.39, 0.29) is 17.2 Å². The van der Waals surface area contributed by atoms with E-state index in [1.807, 2.05) is 13.8 Å². The average Bonchev–Trinajstić information content (AvgIpc) is 2.50. The Kier molecular flexibility index (Phi) is 4.44. The van der Waals surface area contributed by atoms with Crippen molar-refractivity contribution in [2.24, 2.45) is 5.92 Å². The largest absolute Gasteiger partial charge is 0.212 e. The summed E-state index contributed by atoms with van der Waals surface area (Å²) < 4.78 is 26.4. The number of hydrogen-bond acceptors (Lipinski definition) is 2. The lowest BCUT2D eigenvalue weighted by molar-refractivity contribution is 0.430. The standard InChI is InChI=1S/C10H20ClNO2S/c1-9(2)7-15(13,14)12-10(8-11)5-3-4-6-10/h9,12H,3-8H2,1-2H3. The van der Waals surface area contributed by atoms with Crippen molar-refractivity contribution in [3.05, 3.63) is 0 Å². The summed E-state index contributed by atoms with van der Waals surface area (Å²) in [5, 5.41) is 0. The van der Waals surface area contributed by atoms with E-state index < -0.39 is 10.0 Å². The molecule has 1 N–H and O–H groups in total. The Morgan fingerprint density at radius 3 is 2.27 bits per heavy atom. The molecule has 0 unspecified atom stereocenters. The van der Waals surface area contributed by atoms with Crippen LogP contribution in [0.4, 0.5) is 0 Å². The van der Waals surface area contributed by atoms with Crippen molar-refractivity contribution in [1.82, 2.24) is 4.72 Å². The first-order chi connectivity index (χ1) is 6.89. The average molecular weight is 254 g/mol. The molecule has 0 amide bonds. The van der Waals surface area contributed by atoms with Gasteiger partial charge < -0.3 is 0 Å². The molecule has 0 aromatic rings. The summed E-state index contributed by atoms with van der Waals surface area (Å²) in [5.74, 6) is 0.715. The van der Waals surface area contributed by atoms with Crippen LogP contribution in [-0.2, 0) is 10.0 Å². The predicted octanol–water partition coefficient (Wildman–Crippen LogP) is 2.11. The van der Waals surface area contributed by atoms with E-state index in [9.17, 15) is 8.42 Å². The number of hydrogen-bond donors (Lipinski definition) is 1. The second-order valence-corrected chi connectivity index (χ2v) is 6.93. The van der Waals surface area contributed by atoms with Crippen molar-refractivity contribution in [3.63, 3.8) is 0 Å². The molecular formula is C10H20ClNO2S. The van der Waals surface area contributed by atoms with Gasteiger partial charge >= 0.3 is 0 Å². The van der Waals surface area contributed by atoms with Gasteiger partial charge in [-0.05, 0) is 18.8 Å². The highest BCUT2D eigenvalue weighted by Gasteiger charge is 2.36. The predicted molar refractivity (Wildman–Crippen MR) is 63.7 cm³/mol. The molecule has 1 rings (SSSR count). The Balaban J connectivity index is 2.66. The molecule has 0 aromatic heterocycles. The van der Waals surface area contributed by atoms with Crippen molar-refractivity contribution < 1.29 is 8.42 Å². The minimum absolute atomic E-state index is 0.149. The molecular weight excluding hydrogens is 234 g/mol. The molecule has 3 nitrogen and oxygen atoms in total. The van der Waals surface area contributed by atoms with E-state index >= 15 is 0 Å². The lowest BCUT2D eigenvalue weighted by Gasteiger charge is -2.27. The third-order valence-corrected chi connectivity index (χ3v) is 5.10. The highest BCUT2D eigenvalue weighted by atomic mass is 35.5. The molecule has 0 saturated heterocycles. The normalized spacial score (nSPS) is 21.1. The molecule has 0 heterocycles. The topological polar surface area (TPSA) is 46.2 Å². The van der Waals surface area contributed by atoms with Gasteiger partial charge in [0.25, 0.3) is 0 Å². The lowest BCUT2D eigenvalue weighted by atomic mass is 10.0. The molecule has 1 aliphatic rings. The zero-order valence-corrected chi connectivity index (χ0v) is 11.0. The molecule has 1 saturated carbocycles. The van der Waals surface area contributed by atoms with E-state index in [1.54, 1.807) is 0 Å². The van der Waals surface area contributed by atoms with Crippen molar-refractivity contribution in [2.45, 2.75) is 45.1 Å². The van der Waals surface area contributed by atoms with Crippen molar-refractivity contribution in [2.75, 3.05) is 11.6 Å². The van der Waals surface area contributed by atoms with Gasteiger partial charge in [0.1, 0.15) is 0 Å². The summed E-state index contributed by atoms with van der Waals surface area (Å²) in [4.78, 5) is 0. The molecule has 0 bridgehead atoms. The molecule has 1 fully saturated rings. The monoisotopic (exact) mass is 253 g/mol. The van der Waals surface area contributed by atoms with Gasteiger partial charge in [-0.25, -0.2) is 13.1 Å². The molecule has 0 spiro atoms. The summed E-state index contributed by atoms with van der Waals surface area (Å²) in [6.07, 6.45) is 3.87. The van der Waals surface area contributed by atoms with Crippen LogP contribution in [0.1, 0.15) is 39.5 Å². The van der Waals surface area contributed by atoms with Crippen LogP contribution in [0.15, 0.2) is 0 Å². The third kappa shape index (κ3) is 3.93. The van der Waals surface area contributed by atoms with E-state index in [0.717, 1.165) is 25.7 Å². The molecule has 90 valence electrons. The van der Waals surface area contributed by atoms with Gasteiger partial charge in [0, 0.05) is 11.4 Å². The van der Waals surface area contributed by atoms with Crippen LogP contribution >= 0.6 is 11.6 Å². The lowest BCUT2D eigenvalue weighted by Crippen LogP contribution is -2.49. The summed E-state index contributed by atoms with van der Waals surface area (Å²) in [6.45, 7) is 3.81. The second-order valence-electron chi connectivity index (χ2n) is 4.90. The van der Waals surface area contributed by atoms with E-state index in [0.29, 0.717) is 5.88 Å². The number of rotatable bonds is 5. The Morgan fingerprint density at radius 1 is 1.33 bits per heavy atom. The Hall–Kier alpha value is 0.200. The first kappa shape index (κ1) is 13.3. The van der Waals surface area contributed by atoms with Gasteiger partial charge in [-0.15, -0.1) is 11.6 Å². The fraction of sp³-hybridized carbons (Fsp3) is 1.00. The van der Waals surface area contributed by atoms with Crippen LogP contribution in [0.25, 0.3) is 0 Å². The molecule has 0 aromatic carbocycles. The molecule has 0 radical (unpaired) electrons. The number of nitrogens with one attached hydrogen (secondary N) is 1. The van der Waals surface area contributed by atoms with Crippen LogP contribution in [0.2, 0.25) is 0 Å². The molecule has 15 heavy (non-hydrogen) atoms. The van der Waals surface area contributed by atoms with Gasteiger partial charge in [0.15, 0.2) is 0 Å². The summed E-state index contributed by atoms with van der Waals surface area (Å²) in [6, 6.07) is 0. The van der Waals surface area contributed by atoms with E-state index in [1.165, 1.54) is 0 Å². The fourth-order valence-electron chi connectivity index (χ4n) is 2.13. The van der Waals surface area contributed by atoms with Gasteiger partial charge in [0.2, 0.25) is 10.0 Å². The third-order valence-electron chi connectivity index (χ3n) is 2.74. The molecule has 5 heteroatoms. The van der Waals surface area contributed by atoms with E-state index in [2.05, 4.69) is 4.72 Å². The Bertz CT molecular complexity index is 295. The minimum Gasteiger partial charge on any atom is -0.212 e. The SMILES string of the molecule is CC(C)CS(=O)(=O)NC1(CCl)CCCC1. The van der Waals surface area contributed by atoms with E-state index in [4.69, 9.17) is 11.6 Å². The maximum atomic E-state index is 11.8. The minimum atomic E-state index is -3.17. The van der Waals surface area contributed by atoms with Crippen LogP contribution in [0.3, 0.4) is 0 Å². The Labute approximate surface area is 97.6 Å². The summed E-state index contributed by atoms with van der Waals surface area (Å²) in [5.41, 5.74) is -0.366. The number of alkyl halides is 1. The highest BCUT2D eigenvalue weighted by Crippen LogP contribution is 2.31. The van der Waals surface area contributed by atoms with Gasteiger partial charge in [-0.3, -0.25) is 0 Å². The maximum Gasteiger partial charge on any atom is 0.212 e. The van der Waals surface area contributed by atoms with Crippen LogP contribution in [0, 0.1) is 5.92 Å². The Morgan fingerprint density at radius 2 is 1.87 bits per heavy atom. The van der Waals surface area contributed by atoms with Gasteiger partial charge in [-0.2, -0.15) is 0 Å². The molecule has 0 aliphatic heterocycles. The van der Waals surface area contributed by atoms with Gasteiger partial charge in [-0.1, -0.05) is 26.7 Å². The second kappa shape index (κ2) is 5.02. The maximum absolute atomic E-state index is 11.8. The van der Waals surface area contributed by atoms with Crippen LogP contribution in [-0.4, -0.2) is 25.6 Å². The first-order valence-electron chi connectivity index (χ1n) is 5.47. The molecule has 0 atom stereocenters. The summed E-state index contributed by atoms with van der Waals surface area (Å²) in [7, 11) is -3.17. The van der Waals surface area contributed by atoms with Crippen molar-refractivity contribution >= 4 is 21.6 Å².